The van der Waals surface area contributed by atoms with Crippen molar-refractivity contribution in [3.05, 3.63) is 0 Å². The number of fused-ring (bicyclic) bond motifs is 2. The SMILES string of the molecule is O=C(CCC1CCCCC1)C1CC2CCC(C1)S2=O. The molecule has 2 nitrogen and oxygen atoms in total. The van der Waals surface area contributed by atoms with E-state index >= 15 is 0 Å². The number of hydrogen-bond donors (Lipinski definition) is 0. The largest absolute Gasteiger partial charge is 0.299 e. The van der Waals surface area contributed by atoms with Crippen molar-refractivity contribution in [1.29, 1.82) is 0 Å². The zero-order valence-electron chi connectivity index (χ0n) is 11.8. The molecule has 0 aromatic carbocycles. The number of ketones is 1. The van der Waals surface area contributed by atoms with Crippen LogP contribution in [0.5, 0.6) is 0 Å². The summed E-state index contributed by atoms with van der Waals surface area (Å²) in [6.45, 7) is 0. The molecule has 0 aromatic rings. The minimum absolute atomic E-state index is 0.249. The van der Waals surface area contributed by atoms with E-state index in [1.165, 1.54) is 32.1 Å². The molecule has 0 amide bonds. The Morgan fingerprint density at radius 1 is 0.947 bits per heavy atom. The molecule has 3 rings (SSSR count). The second kappa shape index (κ2) is 6.07. The zero-order valence-corrected chi connectivity index (χ0v) is 12.6. The van der Waals surface area contributed by atoms with Crippen molar-refractivity contribution in [2.75, 3.05) is 0 Å². The zero-order chi connectivity index (χ0) is 13.2. The standard InChI is InChI=1S/C16H26O2S/c17-16(9-6-12-4-2-1-3-5-12)13-10-14-7-8-15(11-13)19(14)18/h12-15H,1-11H2. The molecular weight excluding hydrogens is 256 g/mol. The molecule has 0 radical (unpaired) electrons. The quantitative estimate of drug-likeness (QED) is 0.789. The molecule has 2 atom stereocenters. The molecule has 3 heteroatoms. The van der Waals surface area contributed by atoms with E-state index < -0.39 is 10.8 Å². The van der Waals surface area contributed by atoms with Crippen LogP contribution < -0.4 is 0 Å². The van der Waals surface area contributed by atoms with Gasteiger partial charge in [-0.3, -0.25) is 9.00 Å². The maximum absolute atomic E-state index is 12.4. The summed E-state index contributed by atoms with van der Waals surface area (Å²) in [5, 5.41) is 0.699. The molecule has 2 bridgehead atoms. The molecule has 0 N–H and O–H groups in total. The fourth-order valence-electron chi connectivity index (χ4n) is 4.32. The Kier molecular flexibility index (Phi) is 4.40. The summed E-state index contributed by atoms with van der Waals surface area (Å²) in [4.78, 5) is 12.4. The maximum Gasteiger partial charge on any atom is 0.136 e. The molecule has 2 aliphatic heterocycles. The Hall–Kier alpha value is -0.180. The summed E-state index contributed by atoms with van der Waals surface area (Å²) in [5.41, 5.74) is 0. The smallest absolute Gasteiger partial charge is 0.136 e. The van der Waals surface area contributed by atoms with E-state index in [-0.39, 0.29) is 5.92 Å². The Morgan fingerprint density at radius 3 is 2.21 bits per heavy atom. The lowest BCUT2D eigenvalue weighted by Crippen LogP contribution is -2.32. The first-order valence-corrected chi connectivity index (χ1v) is 9.43. The van der Waals surface area contributed by atoms with E-state index in [1.54, 1.807) is 0 Å². The predicted octanol–water partition coefficient (Wildman–Crippen LogP) is 3.61. The first-order valence-electron chi connectivity index (χ1n) is 8.16. The highest BCUT2D eigenvalue weighted by molar-refractivity contribution is 7.86. The van der Waals surface area contributed by atoms with Gasteiger partial charge in [0, 0.05) is 33.6 Å². The summed E-state index contributed by atoms with van der Waals surface area (Å²) in [6, 6.07) is 0. The third-order valence-corrected chi connectivity index (χ3v) is 7.71. The van der Waals surface area contributed by atoms with Crippen LogP contribution in [0.25, 0.3) is 0 Å². The van der Waals surface area contributed by atoms with E-state index in [0.717, 1.165) is 44.4 Å². The number of hydrogen-bond acceptors (Lipinski definition) is 2. The molecule has 1 aliphatic carbocycles. The number of Topliss-reactive ketones (excluding diaryl/α,β-unsaturated/α-hetero) is 1. The van der Waals surface area contributed by atoms with Crippen molar-refractivity contribution < 1.29 is 9.00 Å². The summed E-state index contributed by atoms with van der Waals surface area (Å²) in [5.74, 6) is 1.55. The summed E-state index contributed by atoms with van der Waals surface area (Å²) in [6.07, 6.45) is 12.8. The summed E-state index contributed by atoms with van der Waals surface area (Å²) < 4.78 is 12.0. The van der Waals surface area contributed by atoms with Gasteiger partial charge in [-0.15, -0.1) is 0 Å². The molecule has 1 saturated carbocycles. The van der Waals surface area contributed by atoms with Gasteiger partial charge in [-0.2, -0.15) is 0 Å². The molecule has 19 heavy (non-hydrogen) atoms. The van der Waals surface area contributed by atoms with Gasteiger partial charge in [0.1, 0.15) is 5.78 Å². The van der Waals surface area contributed by atoms with Gasteiger partial charge >= 0.3 is 0 Å². The monoisotopic (exact) mass is 282 g/mol. The molecule has 0 spiro atoms. The van der Waals surface area contributed by atoms with Crippen LogP contribution in [0.3, 0.4) is 0 Å². The minimum Gasteiger partial charge on any atom is -0.299 e. The van der Waals surface area contributed by atoms with Crippen molar-refractivity contribution in [3.63, 3.8) is 0 Å². The molecular formula is C16H26O2S. The normalized spacial score (nSPS) is 39.4. The average Bonchev–Trinajstić information content (AvgIpc) is 2.68. The first-order chi connectivity index (χ1) is 9.24. The third kappa shape index (κ3) is 3.12. The van der Waals surface area contributed by atoms with E-state index in [1.807, 2.05) is 0 Å². The van der Waals surface area contributed by atoms with Gasteiger partial charge in [-0.05, 0) is 38.0 Å². The van der Waals surface area contributed by atoms with E-state index in [0.29, 0.717) is 16.3 Å². The fourth-order valence-corrected chi connectivity index (χ4v) is 6.45. The lowest BCUT2D eigenvalue weighted by atomic mass is 9.83. The fraction of sp³-hybridized carbons (Fsp3) is 0.938. The van der Waals surface area contributed by atoms with Gasteiger partial charge < -0.3 is 0 Å². The first kappa shape index (κ1) is 13.8. The Labute approximate surface area is 119 Å². The van der Waals surface area contributed by atoms with E-state index in [9.17, 15) is 9.00 Å². The van der Waals surface area contributed by atoms with Crippen molar-refractivity contribution in [2.24, 2.45) is 11.8 Å². The van der Waals surface area contributed by atoms with E-state index in [2.05, 4.69) is 0 Å². The number of rotatable bonds is 4. The van der Waals surface area contributed by atoms with Crippen LogP contribution >= 0.6 is 0 Å². The number of carbonyl (C=O) groups excluding carboxylic acids is 1. The molecule has 108 valence electrons. The van der Waals surface area contributed by atoms with Crippen molar-refractivity contribution in [3.8, 4) is 0 Å². The molecule has 2 heterocycles. The average molecular weight is 282 g/mol. The Bertz CT molecular complexity index is 344. The Morgan fingerprint density at radius 2 is 1.58 bits per heavy atom. The summed E-state index contributed by atoms with van der Waals surface area (Å²) >= 11 is 0. The lowest BCUT2D eigenvalue weighted by Gasteiger charge is -2.27. The topological polar surface area (TPSA) is 34.1 Å². The van der Waals surface area contributed by atoms with Gasteiger partial charge in [-0.1, -0.05) is 32.1 Å². The maximum atomic E-state index is 12.4. The molecule has 2 unspecified atom stereocenters. The minimum atomic E-state index is -0.616. The molecule has 3 fully saturated rings. The van der Waals surface area contributed by atoms with Gasteiger partial charge in [-0.25, -0.2) is 0 Å². The number of carbonyl (C=O) groups is 1. The summed E-state index contributed by atoms with van der Waals surface area (Å²) in [7, 11) is -0.616. The van der Waals surface area contributed by atoms with Crippen LogP contribution in [0.15, 0.2) is 0 Å². The van der Waals surface area contributed by atoms with Crippen molar-refractivity contribution >= 4 is 16.6 Å². The van der Waals surface area contributed by atoms with Crippen molar-refractivity contribution in [1.82, 2.24) is 0 Å². The van der Waals surface area contributed by atoms with Crippen LogP contribution in [0, 0.1) is 11.8 Å². The van der Waals surface area contributed by atoms with Crippen LogP contribution in [-0.2, 0) is 15.6 Å². The molecule has 3 aliphatic rings. The molecule has 2 saturated heterocycles. The highest BCUT2D eigenvalue weighted by Crippen LogP contribution is 2.39. The predicted molar refractivity (Wildman–Crippen MR) is 78.5 cm³/mol. The van der Waals surface area contributed by atoms with Crippen LogP contribution in [0.4, 0.5) is 0 Å². The van der Waals surface area contributed by atoms with Crippen LogP contribution in [-0.4, -0.2) is 20.5 Å². The van der Waals surface area contributed by atoms with Crippen molar-refractivity contribution in [2.45, 2.75) is 81.1 Å². The Balaban J connectivity index is 1.47. The lowest BCUT2D eigenvalue weighted by molar-refractivity contribution is -0.123. The highest BCUT2D eigenvalue weighted by Gasteiger charge is 2.42. The second-order valence-corrected chi connectivity index (χ2v) is 8.82. The molecule has 0 aromatic heterocycles. The van der Waals surface area contributed by atoms with Crippen LogP contribution in [0.2, 0.25) is 0 Å². The third-order valence-electron chi connectivity index (χ3n) is 5.54. The second-order valence-electron chi connectivity index (χ2n) is 6.83. The van der Waals surface area contributed by atoms with Gasteiger partial charge in [0.2, 0.25) is 0 Å². The van der Waals surface area contributed by atoms with E-state index in [4.69, 9.17) is 0 Å². The van der Waals surface area contributed by atoms with Gasteiger partial charge in [0.05, 0.1) is 0 Å². The van der Waals surface area contributed by atoms with Gasteiger partial charge in [0.15, 0.2) is 0 Å². The highest BCUT2D eigenvalue weighted by atomic mass is 32.2. The van der Waals surface area contributed by atoms with Gasteiger partial charge in [0.25, 0.3) is 0 Å². The van der Waals surface area contributed by atoms with Crippen LogP contribution in [0.1, 0.15) is 70.6 Å².